The molecule has 0 saturated carbocycles. The molecule has 4 N–H and O–H groups in total. The summed E-state index contributed by atoms with van der Waals surface area (Å²) in [4.78, 5) is 50.4. The van der Waals surface area contributed by atoms with Gasteiger partial charge in [-0.2, -0.15) is 5.10 Å². The molecule has 11 nitrogen and oxygen atoms in total. The minimum atomic E-state index is -1.36. The summed E-state index contributed by atoms with van der Waals surface area (Å²) < 4.78 is 5.90. The molecule has 284 valence electrons. The quantitative estimate of drug-likeness (QED) is 0.0694. The zero-order valence-corrected chi connectivity index (χ0v) is 32.7. The summed E-state index contributed by atoms with van der Waals surface area (Å²) in [5, 5.41) is 22.5. The highest BCUT2D eigenvalue weighted by Crippen LogP contribution is 2.30. The van der Waals surface area contributed by atoms with Crippen LogP contribution in [0.15, 0.2) is 73.1 Å². The molecule has 0 bridgehead atoms. The fourth-order valence-electron chi connectivity index (χ4n) is 6.08. The number of nitrogens with zero attached hydrogens (tertiary/aromatic N) is 3. The number of rotatable bonds is 17. The van der Waals surface area contributed by atoms with E-state index in [-0.39, 0.29) is 11.8 Å². The first-order chi connectivity index (χ1) is 25.8. The highest BCUT2D eigenvalue weighted by molar-refractivity contribution is 7.14. The largest absolute Gasteiger partial charge is 0.494 e. The van der Waals surface area contributed by atoms with Crippen LogP contribution in [0.1, 0.15) is 103 Å². The van der Waals surface area contributed by atoms with Crippen LogP contribution in [0.3, 0.4) is 0 Å². The molecule has 0 fully saturated rings. The molecule has 2 amide bonds. The number of carboxylic acids is 1. The molecule has 0 spiro atoms. The normalized spacial score (nSPS) is 12.6. The number of hydrogen-bond donors (Lipinski definition) is 4. The fraction of sp³-hybridized carbons (Fsp3) is 0.381. The number of unbranched alkanes of at least 4 members (excludes halogenated alkanes) is 4. The third-order valence-corrected chi connectivity index (χ3v) is 10.7. The van der Waals surface area contributed by atoms with E-state index in [1.165, 1.54) is 37.0 Å². The van der Waals surface area contributed by atoms with Crippen LogP contribution in [-0.4, -0.2) is 55.7 Å². The highest BCUT2D eigenvalue weighted by Gasteiger charge is 2.31. The van der Waals surface area contributed by atoms with Crippen molar-refractivity contribution in [2.24, 2.45) is 0 Å². The van der Waals surface area contributed by atoms with E-state index in [2.05, 4.69) is 58.5 Å². The number of aliphatic carboxylic acids is 1. The van der Waals surface area contributed by atoms with E-state index in [1.807, 2.05) is 54.6 Å². The summed E-state index contributed by atoms with van der Waals surface area (Å²) in [6.07, 6.45) is 9.67. The summed E-state index contributed by atoms with van der Waals surface area (Å²) in [5.74, 6) is -0.897. The number of amides is 2. The predicted octanol–water partition coefficient (Wildman–Crippen LogP) is 8.14. The first-order valence-corrected chi connectivity index (χ1v) is 19.3. The zero-order valence-electron chi connectivity index (χ0n) is 31.9. The van der Waals surface area contributed by atoms with Crippen molar-refractivity contribution < 1.29 is 24.2 Å². The Labute approximate surface area is 321 Å². The van der Waals surface area contributed by atoms with Gasteiger partial charge in [0.15, 0.2) is 11.9 Å². The Morgan fingerprint density at radius 2 is 1.52 bits per heavy atom. The average Bonchev–Trinajstić information content (AvgIpc) is 3.79. The lowest BCUT2D eigenvalue weighted by molar-refractivity contribution is -0.142. The van der Waals surface area contributed by atoms with Gasteiger partial charge in [0.25, 0.3) is 5.91 Å². The molecule has 0 aliphatic carbocycles. The number of carboxylic acid groups (broad SMARTS) is 1. The number of aromatic nitrogens is 4. The zero-order chi connectivity index (χ0) is 38.8. The van der Waals surface area contributed by atoms with Gasteiger partial charge in [0.2, 0.25) is 5.91 Å². The van der Waals surface area contributed by atoms with E-state index < -0.39 is 29.9 Å². The van der Waals surface area contributed by atoms with Gasteiger partial charge in [-0.15, -0.1) is 11.3 Å². The van der Waals surface area contributed by atoms with Gasteiger partial charge >= 0.3 is 5.97 Å². The second-order valence-corrected chi connectivity index (χ2v) is 15.6. The summed E-state index contributed by atoms with van der Waals surface area (Å²) in [5.41, 5.74) is 4.63. The molecule has 0 aliphatic heterocycles. The minimum absolute atomic E-state index is 0.114. The summed E-state index contributed by atoms with van der Waals surface area (Å²) in [6.45, 7) is 12.5. The standard InChI is InChI=1S/C42H50N6O5S/c1-7-8-9-10-11-22-53-32-18-16-29(17-19-32)31-24-43-38(44-25-31)30-14-12-28(13-15-30)23-33(45-40(50)34-20-21-35(54-34)42(4,5)6)39(49)46-37(41(51)52)36-26(2)47-48-27(36)3/h12-21,24-25,33,37H,7-11,22-23H2,1-6H3,(H,45,50)(H,46,49)(H,47,48)(H,51,52)/t33-,37?/m0/s1. The molecule has 3 heterocycles. The number of benzene rings is 2. The van der Waals surface area contributed by atoms with Gasteiger partial charge < -0.3 is 20.5 Å². The van der Waals surface area contributed by atoms with Crippen LogP contribution in [0.25, 0.3) is 22.5 Å². The summed E-state index contributed by atoms with van der Waals surface area (Å²) in [6, 6.07) is 16.6. The van der Waals surface area contributed by atoms with Gasteiger partial charge in [-0.05, 0) is 61.1 Å². The first-order valence-electron chi connectivity index (χ1n) is 18.4. The third-order valence-electron chi connectivity index (χ3n) is 9.21. The minimum Gasteiger partial charge on any atom is -0.494 e. The molecule has 54 heavy (non-hydrogen) atoms. The molecule has 0 radical (unpaired) electrons. The Hall–Kier alpha value is -5.36. The van der Waals surface area contributed by atoms with Crippen molar-refractivity contribution >= 4 is 29.1 Å². The van der Waals surface area contributed by atoms with E-state index in [9.17, 15) is 19.5 Å². The van der Waals surface area contributed by atoms with Crippen LogP contribution in [0.2, 0.25) is 0 Å². The number of nitrogens with one attached hydrogen (secondary N) is 3. The van der Waals surface area contributed by atoms with Gasteiger partial charge in [0.05, 0.1) is 17.2 Å². The number of carbonyl (C=O) groups is 3. The number of thiophene rings is 1. The Balaban J connectivity index is 1.28. The Bertz CT molecular complexity index is 1990. The van der Waals surface area contributed by atoms with Crippen molar-refractivity contribution in [3.8, 4) is 28.3 Å². The van der Waals surface area contributed by atoms with E-state index in [1.54, 1.807) is 32.3 Å². The monoisotopic (exact) mass is 750 g/mol. The Morgan fingerprint density at radius 3 is 2.11 bits per heavy atom. The number of carbonyl (C=O) groups excluding carboxylic acids is 2. The van der Waals surface area contributed by atoms with Gasteiger partial charge in [0, 0.05) is 46.1 Å². The lowest BCUT2D eigenvalue weighted by atomic mass is 9.95. The Morgan fingerprint density at radius 1 is 0.852 bits per heavy atom. The maximum absolute atomic E-state index is 13.8. The first kappa shape index (κ1) is 39.8. The van der Waals surface area contributed by atoms with E-state index in [4.69, 9.17) is 4.74 Å². The summed E-state index contributed by atoms with van der Waals surface area (Å²) in [7, 11) is 0. The molecule has 5 aromatic rings. The molecule has 3 aromatic heterocycles. The van der Waals surface area contributed by atoms with Crippen molar-refractivity contribution in [1.82, 2.24) is 30.8 Å². The SMILES string of the molecule is CCCCCCCOc1ccc(-c2cnc(-c3ccc(C[C@H](NC(=O)c4ccc(C(C)(C)C)s4)C(=O)NC(C(=O)O)c4c(C)n[nH]c4C)cc3)nc2)cc1. The fourth-order valence-corrected chi connectivity index (χ4v) is 7.04. The smallest absolute Gasteiger partial charge is 0.331 e. The van der Waals surface area contributed by atoms with Crippen molar-refractivity contribution in [1.29, 1.82) is 0 Å². The van der Waals surface area contributed by atoms with Crippen molar-refractivity contribution in [2.75, 3.05) is 6.61 Å². The maximum Gasteiger partial charge on any atom is 0.331 e. The number of aromatic amines is 1. The van der Waals surface area contributed by atoms with Gasteiger partial charge in [-0.25, -0.2) is 14.8 Å². The molecular formula is C42H50N6O5S. The van der Waals surface area contributed by atoms with Crippen LogP contribution in [0.5, 0.6) is 5.75 Å². The van der Waals surface area contributed by atoms with Crippen LogP contribution in [-0.2, 0) is 21.4 Å². The van der Waals surface area contributed by atoms with Crippen molar-refractivity contribution in [3.63, 3.8) is 0 Å². The average molecular weight is 751 g/mol. The maximum atomic E-state index is 13.8. The van der Waals surface area contributed by atoms with Crippen molar-refractivity contribution in [3.05, 3.63) is 105 Å². The van der Waals surface area contributed by atoms with E-state index >= 15 is 0 Å². The second-order valence-electron chi connectivity index (χ2n) is 14.6. The second kappa shape index (κ2) is 18.1. The van der Waals surface area contributed by atoms with Gasteiger partial charge in [0.1, 0.15) is 11.8 Å². The summed E-state index contributed by atoms with van der Waals surface area (Å²) >= 11 is 1.36. The number of aryl methyl sites for hydroxylation is 2. The Kier molecular flexibility index (Phi) is 13.4. The van der Waals surface area contributed by atoms with Crippen molar-refractivity contribution in [2.45, 2.75) is 97.6 Å². The topological polar surface area (TPSA) is 159 Å². The van der Waals surface area contributed by atoms with Gasteiger partial charge in [-0.3, -0.25) is 14.7 Å². The number of H-pyrrole nitrogens is 1. The third kappa shape index (κ3) is 10.4. The molecule has 5 rings (SSSR count). The van der Waals surface area contributed by atoms with E-state index in [0.29, 0.717) is 34.3 Å². The number of ether oxygens (including phenoxy) is 1. The van der Waals surface area contributed by atoms with Crippen LogP contribution < -0.4 is 15.4 Å². The lowest BCUT2D eigenvalue weighted by Crippen LogP contribution is -2.50. The molecule has 1 unspecified atom stereocenters. The van der Waals surface area contributed by atoms with Crippen LogP contribution in [0, 0.1) is 13.8 Å². The molecular weight excluding hydrogens is 701 g/mol. The van der Waals surface area contributed by atoms with E-state index in [0.717, 1.165) is 39.3 Å². The molecule has 2 atom stereocenters. The molecule has 0 aliphatic rings. The van der Waals surface area contributed by atoms with Crippen LogP contribution in [0.4, 0.5) is 0 Å². The molecule has 12 heteroatoms. The highest BCUT2D eigenvalue weighted by atomic mass is 32.1. The molecule has 0 saturated heterocycles. The van der Waals surface area contributed by atoms with Gasteiger partial charge in [-0.1, -0.05) is 89.8 Å². The lowest BCUT2D eigenvalue weighted by Gasteiger charge is -2.22. The van der Waals surface area contributed by atoms with Crippen LogP contribution >= 0.6 is 11.3 Å². The number of hydrogen-bond acceptors (Lipinski definition) is 8. The predicted molar refractivity (Wildman–Crippen MR) is 212 cm³/mol. The molecule has 2 aromatic carbocycles.